The molecule has 37 heavy (non-hydrogen) atoms. The molecule has 1 aliphatic rings. The number of fused-ring (bicyclic) bond motifs is 2. The Morgan fingerprint density at radius 3 is 2.43 bits per heavy atom. The largest absolute Gasteiger partial charge is 0.361 e. The lowest BCUT2D eigenvalue weighted by Gasteiger charge is -2.31. The third kappa shape index (κ3) is 4.59. The van der Waals surface area contributed by atoms with Gasteiger partial charge in [0.25, 0.3) is 0 Å². The summed E-state index contributed by atoms with van der Waals surface area (Å²) in [7, 11) is 4.17. The third-order valence-electron chi connectivity index (χ3n) is 7.20. The van der Waals surface area contributed by atoms with Crippen LogP contribution in [0.2, 0.25) is 0 Å². The number of halogens is 1. The molecule has 5 aromatic rings. The Balaban J connectivity index is 1.35. The minimum Gasteiger partial charge on any atom is -0.361 e. The smallest absolute Gasteiger partial charge is 0.124 e. The average molecular weight is 509 g/mol. The van der Waals surface area contributed by atoms with Crippen LogP contribution < -0.4 is 0 Å². The second kappa shape index (κ2) is 9.82. The van der Waals surface area contributed by atoms with Crippen LogP contribution in [0, 0.1) is 5.82 Å². The molecular formula is C32H29FN2OS. The minimum atomic E-state index is -0.555. The highest BCUT2D eigenvalue weighted by Crippen LogP contribution is 2.46. The summed E-state index contributed by atoms with van der Waals surface area (Å²) in [6.45, 7) is 1.51. The first-order valence-electron chi connectivity index (χ1n) is 12.7. The standard InChI is InChI=1S/C32H29FN2OS/c1-35(2)18-6-17-32(26-11-13-27(33)14-12-26)28-15-9-23(19-25(28)21-36-32)24-10-16-30-29(20-24)34-31(37-30)22-7-4-3-5-8-22/h3-5,7-16,19-20H,6,17-18,21H2,1-2H3. The number of nitrogens with zero attached hydrogens (tertiary/aromatic N) is 2. The van der Waals surface area contributed by atoms with Crippen LogP contribution in [0.4, 0.5) is 4.39 Å². The van der Waals surface area contributed by atoms with Crippen LogP contribution in [-0.4, -0.2) is 30.5 Å². The van der Waals surface area contributed by atoms with Gasteiger partial charge in [0.2, 0.25) is 0 Å². The molecule has 0 amide bonds. The molecule has 0 N–H and O–H groups in total. The molecule has 0 radical (unpaired) electrons. The van der Waals surface area contributed by atoms with Crippen molar-refractivity contribution in [1.29, 1.82) is 0 Å². The fourth-order valence-corrected chi connectivity index (χ4v) is 6.28. The van der Waals surface area contributed by atoms with Gasteiger partial charge in [0.15, 0.2) is 0 Å². The Bertz CT molecular complexity index is 1540. The lowest BCUT2D eigenvalue weighted by Crippen LogP contribution is -2.28. The van der Waals surface area contributed by atoms with Gasteiger partial charge >= 0.3 is 0 Å². The van der Waals surface area contributed by atoms with E-state index in [1.54, 1.807) is 11.3 Å². The number of hydrogen-bond donors (Lipinski definition) is 0. The third-order valence-corrected chi connectivity index (χ3v) is 8.29. The quantitative estimate of drug-likeness (QED) is 0.224. The fourth-order valence-electron chi connectivity index (χ4n) is 5.33. The van der Waals surface area contributed by atoms with Crippen molar-refractivity contribution in [1.82, 2.24) is 9.88 Å². The summed E-state index contributed by atoms with van der Waals surface area (Å²) < 4.78 is 21.5. The van der Waals surface area contributed by atoms with Gasteiger partial charge in [-0.15, -0.1) is 11.3 Å². The number of rotatable bonds is 7. The summed E-state index contributed by atoms with van der Waals surface area (Å²) in [6.07, 6.45) is 1.83. The second-order valence-electron chi connectivity index (χ2n) is 9.97. The summed E-state index contributed by atoms with van der Waals surface area (Å²) in [5.74, 6) is -0.228. The normalized spacial score (nSPS) is 17.0. The number of ether oxygens (including phenoxy) is 1. The van der Waals surface area contributed by atoms with Crippen molar-refractivity contribution < 1.29 is 9.13 Å². The van der Waals surface area contributed by atoms with E-state index in [9.17, 15) is 4.39 Å². The Morgan fingerprint density at radius 1 is 0.892 bits per heavy atom. The zero-order chi connectivity index (χ0) is 25.4. The average Bonchev–Trinajstić information content (AvgIpc) is 3.51. The van der Waals surface area contributed by atoms with E-state index in [-0.39, 0.29) is 5.82 Å². The molecule has 186 valence electrons. The number of thiazole rings is 1. The Labute approximate surface area is 221 Å². The molecule has 4 aromatic carbocycles. The first kappa shape index (κ1) is 24.0. The highest BCUT2D eigenvalue weighted by molar-refractivity contribution is 7.21. The molecule has 2 heterocycles. The van der Waals surface area contributed by atoms with E-state index >= 15 is 0 Å². The van der Waals surface area contributed by atoms with Crippen molar-refractivity contribution in [3.63, 3.8) is 0 Å². The van der Waals surface area contributed by atoms with Crippen LogP contribution in [0.5, 0.6) is 0 Å². The van der Waals surface area contributed by atoms with Crippen LogP contribution in [0.1, 0.15) is 29.5 Å². The van der Waals surface area contributed by atoms with Crippen LogP contribution in [0.15, 0.2) is 91.0 Å². The van der Waals surface area contributed by atoms with E-state index in [0.717, 1.165) is 52.2 Å². The first-order valence-corrected chi connectivity index (χ1v) is 13.5. The SMILES string of the molecule is CN(C)CCCC1(c2ccc(F)cc2)OCc2cc(-c3ccc4sc(-c5ccccc5)nc4c3)ccc21. The monoisotopic (exact) mass is 508 g/mol. The van der Waals surface area contributed by atoms with Crippen LogP contribution in [0.3, 0.4) is 0 Å². The summed E-state index contributed by atoms with van der Waals surface area (Å²) >= 11 is 1.72. The molecule has 0 saturated heterocycles. The van der Waals surface area contributed by atoms with Crippen LogP contribution in [-0.2, 0) is 16.9 Å². The van der Waals surface area contributed by atoms with E-state index < -0.39 is 5.60 Å². The summed E-state index contributed by atoms with van der Waals surface area (Å²) in [5, 5.41) is 1.04. The van der Waals surface area contributed by atoms with Crippen molar-refractivity contribution in [3.05, 3.63) is 114 Å². The van der Waals surface area contributed by atoms with Crippen molar-refractivity contribution in [3.8, 4) is 21.7 Å². The van der Waals surface area contributed by atoms with Gasteiger partial charge in [-0.05, 0) is 91.6 Å². The van der Waals surface area contributed by atoms with E-state index in [1.165, 1.54) is 28.0 Å². The molecule has 3 nitrogen and oxygen atoms in total. The van der Waals surface area contributed by atoms with Gasteiger partial charge < -0.3 is 9.64 Å². The topological polar surface area (TPSA) is 25.4 Å². The minimum absolute atomic E-state index is 0.228. The molecular weight excluding hydrogens is 479 g/mol. The van der Waals surface area contributed by atoms with E-state index in [0.29, 0.717) is 6.61 Å². The molecule has 1 aliphatic heterocycles. The van der Waals surface area contributed by atoms with Gasteiger partial charge in [-0.1, -0.05) is 60.7 Å². The van der Waals surface area contributed by atoms with E-state index in [4.69, 9.17) is 9.72 Å². The zero-order valence-corrected chi connectivity index (χ0v) is 21.9. The lowest BCUT2D eigenvalue weighted by atomic mass is 9.81. The Morgan fingerprint density at radius 2 is 1.65 bits per heavy atom. The lowest BCUT2D eigenvalue weighted by molar-refractivity contribution is -0.0140. The maximum atomic E-state index is 13.7. The predicted molar refractivity (Wildman–Crippen MR) is 150 cm³/mol. The number of benzene rings is 4. The molecule has 6 rings (SSSR count). The number of hydrogen-bond acceptors (Lipinski definition) is 4. The van der Waals surface area contributed by atoms with Crippen LogP contribution >= 0.6 is 11.3 Å². The molecule has 1 aromatic heterocycles. The highest BCUT2D eigenvalue weighted by atomic mass is 32.1. The van der Waals surface area contributed by atoms with Gasteiger partial charge in [0, 0.05) is 5.56 Å². The molecule has 0 bridgehead atoms. The summed E-state index contributed by atoms with van der Waals surface area (Å²) in [4.78, 5) is 7.11. The molecule has 0 spiro atoms. The highest BCUT2D eigenvalue weighted by Gasteiger charge is 2.41. The van der Waals surface area contributed by atoms with Crippen molar-refractivity contribution in [2.75, 3.05) is 20.6 Å². The summed E-state index contributed by atoms with van der Waals surface area (Å²) in [6, 6.07) is 30.3. The second-order valence-corrected chi connectivity index (χ2v) is 11.0. The van der Waals surface area contributed by atoms with E-state index in [1.807, 2.05) is 30.3 Å². The maximum Gasteiger partial charge on any atom is 0.124 e. The van der Waals surface area contributed by atoms with Gasteiger partial charge in [0.1, 0.15) is 16.4 Å². The van der Waals surface area contributed by atoms with Crippen molar-refractivity contribution in [2.24, 2.45) is 0 Å². The molecule has 5 heteroatoms. The molecule has 0 fully saturated rings. The summed E-state index contributed by atoms with van der Waals surface area (Å²) in [5.41, 5.74) is 7.29. The Hall–Kier alpha value is -3.38. The molecule has 0 saturated carbocycles. The van der Waals surface area contributed by atoms with E-state index in [2.05, 4.69) is 67.5 Å². The zero-order valence-electron chi connectivity index (χ0n) is 21.1. The van der Waals surface area contributed by atoms with Gasteiger partial charge in [-0.2, -0.15) is 0 Å². The number of aromatic nitrogens is 1. The maximum absolute atomic E-state index is 13.7. The molecule has 1 unspecified atom stereocenters. The van der Waals surface area contributed by atoms with Crippen LogP contribution in [0.25, 0.3) is 31.9 Å². The van der Waals surface area contributed by atoms with Gasteiger partial charge in [-0.25, -0.2) is 9.37 Å². The molecule has 0 aliphatic carbocycles. The van der Waals surface area contributed by atoms with Gasteiger partial charge in [0.05, 0.1) is 16.8 Å². The Kier molecular flexibility index (Phi) is 6.37. The van der Waals surface area contributed by atoms with Gasteiger partial charge in [-0.3, -0.25) is 0 Å². The fraction of sp³-hybridized carbons (Fsp3) is 0.219. The van der Waals surface area contributed by atoms with Crippen molar-refractivity contribution >= 4 is 21.6 Å². The molecule has 1 atom stereocenters. The van der Waals surface area contributed by atoms with Crippen molar-refractivity contribution in [2.45, 2.75) is 25.0 Å². The first-order chi connectivity index (χ1) is 18.0. The predicted octanol–water partition coefficient (Wildman–Crippen LogP) is 7.89.